The van der Waals surface area contributed by atoms with Crippen molar-refractivity contribution in [2.45, 2.75) is 19.3 Å². The van der Waals surface area contributed by atoms with E-state index in [-0.39, 0.29) is 23.7 Å². The summed E-state index contributed by atoms with van der Waals surface area (Å²) in [4.78, 5) is 28.0. The summed E-state index contributed by atoms with van der Waals surface area (Å²) in [5, 5.41) is 2.08. The number of anilines is 1. The minimum absolute atomic E-state index is 0.0426. The quantitative estimate of drug-likeness (QED) is 0.753. The maximum Gasteiger partial charge on any atom is 0.238 e. The third kappa shape index (κ3) is 1.44. The summed E-state index contributed by atoms with van der Waals surface area (Å²) >= 11 is 0. The number of hydrogen-bond acceptors (Lipinski definition) is 2. The van der Waals surface area contributed by atoms with E-state index in [1.165, 1.54) is 11.3 Å². The van der Waals surface area contributed by atoms with E-state index in [9.17, 15) is 9.59 Å². The molecule has 3 nitrogen and oxygen atoms in total. The predicted molar refractivity (Wildman–Crippen MR) is 91.2 cm³/mol. The van der Waals surface area contributed by atoms with Crippen molar-refractivity contribution in [2.24, 2.45) is 35.5 Å². The topological polar surface area (TPSA) is 37.4 Å². The predicted octanol–water partition coefficient (Wildman–Crippen LogP) is 3.62. The molecule has 7 rings (SSSR count). The van der Waals surface area contributed by atoms with Crippen molar-refractivity contribution in [3.05, 3.63) is 42.5 Å². The highest BCUT2D eigenvalue weighted by molar-refractivity contribution is 6.25. The van der Waals surface area contributed by atoms with Crippen molar-refractivity contribution in [1.82, 2.24) is 0 Å². The Hall–Kier alpha value is -2.16. The number of imide groups is 1. The van der Waals surface area contributed by atoms with Gasteiger partial charge in [-0.15, -0.1) is 0 Å². The smallest absolute Gasteiger partial charge is 0.238 e. The lowest BCUT2D eigenvalue weighted by molar-refractivity contribution is -0.129. The first-order valence-electron chi connectivity index (χ1n) is 9.11. The van der Waals surface area contributed by atoms with Gasteiger partial charge < -0.3 is 0 Å². The molecule has 6 unspecified atom stereocenters. The Morgan fingerprint density at radius 2 is 1.38 bits per heavy atom. The maximum absolute atomic E-state index is 13.3. The van der Waals surface area contributed by atoms with Crippen molar-refractivity contribution in [3.8, 4) is 0 Å². The van der Waals surface area contributed by atoms with Gasteiger partial charge in [0.25, 0.3) is 0 Å². The van der Waals surface area contributed by atoms with Crippen LogP contribution in [0.5, 0.6) is 0 Å². The molecule has 2 amide bonds. The first-order valence-corrected chi connectivity index (χ1v) is 9.11. The van der Waals surface area contributed by atoms with Gasteiger partial charge in [-0.3, -0.25) is 9.59 Å². The van der Waals surface area contributed by atoms with Crippen LogP contribution in [0.3, 0.4) is 0 Å². The fraction of sp³-hybridized carbons (Fsp3) is 0.429. The molecule has 0 aromatic heterocycles. The molecule has 1 saturated heterocycles. The van der Waals surface area contributed by atoms with Gasteiger partial charge in [-0.05, 0) is 54.4 Å². The van der Waals surface area contributed by atoms with Crippen molar-refractivity contribution in [1.29, 1.82) is 0 Å². The average Bonchev–Trinajstić information content (AvgIpc) is 3.39. The summed E-state index contributed by atoms with van der Waals surface area (Å²) in [5.41, 5.74) is 0.783. The van der Waals surface area contributed by atoms with E-state index in [1.807, 2.05) is 42.5 Å². The van der Waals surface area contributed by atoms with Gasteiger partial charge in [0, 0.05) is 5.39 Å². The zero-order valence-electron chi connectivity index (χ0n) is 13.4. The molecule has 1 heterocycles. The number of amides is 2. The minimum Gasteiger partial charge on any atom is -0.274 e. The molecule has 4 saturated carbocycles. The Bertz CT molecular complexity index is 864. The summed E-state index contributed by atoms with van der Waals surface area (Å²) in [6.45, 7) is 0. The number of fused-ring (bicyclic) bond motifs is 2. The van der Waals surface area contributed by atoms with E-state index in [1.54, 1.807) is 0 Å². The van der Waals surface area contributed by atoms with Gasteiger partial charge in [-0.1, -0.05) is 36.4 Å². The average molecular weight is 317 g/mol. The molecule has 2 aromatic rings. The van der Waals surface area contributed by atoms with Gasteiger partial charge >= 0.3 is 0 Å². The Morgan fingerprint density at radius 1 is 0.750 bits per heavy atom. The Balaban J connectivity index is 1.51. The number of hydrogen-bond donors (Lipinski definition) is 0. The van der Waals surface area contributed by atoms with Crippen LogP contribution in [0.1, 0.15) is 19.3 Å². The second-order valence-corrected chi connectivity index (χ2v) is 8.03. The van der Waals surface area contributed by atoms with Gasteiger partial charge in [0.15, 0.2) is 0 Å². The molecule has 5 fully saturated rings. The zero-order valence-corrected chi connectivity index (χ0v) is 13.4. The van der Waals surface area contributed by atoms with E-state index in [0.717, 1.165) is 41.1 Å². The third-order valence-electron chi connectivity index (χ3n) is 7.15. The van der Waals surface area contributed by atoms with Crippen molar-refractivity contribution in [2.75, 3.05) is 4.90 Å². The number of rotatable bonds is 1. The molecular weight excluding hydrogens is 298 g/mol. The molecule has 5 aliphatic rings. The van der Waals surface area contributed by atoms with Crippen LogP contribution in [-0.2, 0) is 9.59 Å². The molecule has 2 aromatic carbocycles. The lowest BCUT2D eigenvalue weighted by atomic mass is 9.59. The van der Waals surface area contributed by atoms with Gasteiger partial charge in [-0.25, -0.2) is 4.90 Å². The summed E-state index contributed by atoms with van der Waals surface area (Å²) in [7, 11) is 0. The van der Waals surface area contributed by atoms with Crippen molar-refractivity contribution in [3.63, 3.8) is 0 Å². The van der Waals surface area contributed by atoms with Crippen molar-refractivity contribution < 1.29 is 9.59 Å². The van der Waals surface area contributed by atoms with E-state index < -0.39 is 0 Å². The van der Waals surface area contributed by atoms with Crippen LogP contribution in [0.15, 0.2) is 42.5 Å². The molecule has 6 atom stereocenters. The molecule has 120 valence electrons. The Labute approximate surface area is 140 Å². The van der Waals surface area contributed by atoms with Gasteiger partial charge in [0.1, 0.15) is 0 Å². The molecule has 0 N–H and O–H groups in total. The van der Waals surface area contributed by atoms with E-state index >= 15 is 0 Å². The van der Waals surface area contributed by atoms with Crippen LogP contribution in [0.4, 0.5) is 5.69 Å². The zero-order chi connectivity index (χ0) is 16.0. The Morgan fingerprint density at radius 3 is 2.08 bits per heavy atom. The second-order valence-electron chi connectivity index (χ2n) is 8.03. The van der Waals surface area contributed by atoms with Crippen LogP contribution in [0, 0.1) is 35.5 Å². The SMILES string of the molecule is O=C1C2C3CCC(C4CC43)C2C(=O)N1c1cccc2ccccc12. The highest BCUT2D eigenvalue weighted by Gasteiger charge is 2.68. The maximum atomic E-state index is 13.3. The normalized spacial score (nSPS) is 39.2. The Kier molecular flexibility index (Phi) is 2.34. The fourth-order valence-electron chi connectivity index (χ4n) is 6.18. The van der Waals surface area contributed by atoms with E-state index in [2.05, 4.69) is 0 Å². The molecule has 2 bridgehead atoms. The van der Waals surface area contributed by atoms with Crippen molar-refractivity contribution >= 4 is 28.3 Å². The number of benzene rings is 2. The monoisotopic (exact) mass is 317 g/mol. The van der Waals surface area contributed by atoms with Crippen LogP contribution >= 0.6 is 0 Å². The highest BCUT2D eigenvalue weighted by Crippen LogP contribution is 2.68. The van der Waals surface area contributed by atoms with Gasteiger partial charge in [0.05, 0.1) is 17.5 Å². The first kappa shape index (κ1) is 13.2. The molecule has 0 radical (unpaired) electrons. The largest absolute Gasteiger partial charge is 0.274 e. The van der Waals surface area contributed by atoms with Gasteiger partial charge in [-0.2, -0.15) is 0 Å². The molecule has 3 heteroatoms. The first-order chi connectivity index (χ1) is 11.8. The molecule has 1 aliphatic heterocycles. The molecule has 0 spiro atoms. The third-order valence-corrected chi connectivity index (χ3v) is 7.15. The standard InChI is InChI=1S/C21H19NO2/c23-20-18-13-8-9-14(16-10-15(13)16)19(18)21(24)22(20)17-7-3-5-11-4-1-2-6-12(11)17/h1-7,13-16,18-19H,8-10H2. The summed E-state index contributed by atoms with van der Waals surface area (Å²) in [5.74, 6) is 2.44. The lowest BCUT2D eigenvalue weighted by Crippen LogP contribution is -2.43. The number of carbonyl (C=O) groups is 2. The second kappa shape index (κ2) is 4.27. The number of carbonyl (C=O) groups excluding carboxylic acids is 2. The van der Waals surface area contributed by atoms with Crippen LogP contribution < -0.4 is 4.90 Å². The van der Waals surface area contributed by atoms with Crippen LogP contribution in [-0.4, -0.2) is 11.8 Å². The molecular formula is C21H19NO2. The minimum atomic E-state index is -0.0426. The highest BCUT2D eigenvalue weighted by atomic mass is 16.2. The molecule has 24 heavy (non-hydrogen) atoms. The summed E-state index contributed by atoms with van der Waals surface area (Å²) < 4.78 is 0. The van der Waals surface area contributed by atoms with Gasteiger partial charge in [0.2, 0.25) is 11.8 Å². The van der Waals surface area contributed by atoms with E-state index in [0.29, 0.717) is 11.8 Å². The molecule has 4 aliphatic carbocycles. The summed E-state index contributed by atoms with van der Waals surface area (Å²) in [6, 6.07) is 13.9. The van der Waals surface area contributed by atoms with Crippen LogP contribution in [0.2, 0.25) is 0 Å². The van der Waals surface area contributed by atoms with Crippen LogP contribution in [0.25, 0.3) is 10.8 Å². The number of nitrogens with zero attached hydrogens (tertiary/aromatic N) is 1. The lowest BCUT2D eigenvalue weighted by Gasteiger charge is -2.42. The fourth-order valence-corrected chi connectivity index (χ4v) is 6.18. The van der Waals surface area contributed by atoms with E-state index in [4.69, 9.17) is 0 Å². The summed E-state index contributed by atoms with van der Waals surface area (Å²) in [6.07, 6.45) is 3.56.